The van der Waals surface area contributed by atoms with Crippen molar-refractivity contribution < 1.29 is 45.0 Å². The molecule has 3 heterocycles. The Bertz CT molecular complexity index is 2760. The fraction of sp³-hybridized carbons (Fsp3) is 0.526. The zero-order chi connectivity index (χ0) is 54.0. The Balaban J connectivity index is 1.35. The van der Waals surface area contributed by atoms with E-state index in [9.17, 15) is 26.6 Å². The quantitative estimate of drug-likeness (QED) is 0.0198. The number of ether oxygens (including phenoxy) is 1. The van der Waals surface area contributed by atoms with Gasteiger partial charge >= 0.3 is 5.82 Å². The molecule has 1 atom stereocenters. The summed E-state index contributed by atoms with van der Waals surface area (Å²) in [7, 11) is -9.34. The molecule has 0 spiro atoms. The second-order valence-corrected chi connectivity index (χ2v) is 25.7. The van der Waals surface area contributed by atoms with Crippen molar-refractivity contribution in [1.82, 2.24) is 4.67 Å². The Morgan fingerprint density at radius 2 is 1.61 bits per heavy atom. The minimum Gasteiger partial charge on any atom is -0.494 e. The van der Waals surface area contributed by atoms with E-state index in [1.807, 2.05) is 16.7 Å². The number of pyridine rings is 1. The standard InChI is InChI=1S/C57H80N5O9PS2/c1-12-13-31-60-40-48(74(66,67)68)39-50-55(60)59-52(56(50,7)8)28-25-44-20-18-21-45(26-29-53-57(9,10)49-37-43(6)24-27-51(49)61(53)32-14-17-36-73(63,64)65)54(44)46-22-19-23-47(38-46)69-33-15-16-34-70-72(71-35-30-58-11)62(41(2)3)42(4)5/h19,22-29,37-42H,12-18,20-21,30-36H2,1-10H3,(H3-,63,64,65,66,67,68)/p+1. The second kappa shape index (κ2) is 25.7. The van der Waals surface area contributed by atoms with E-state index >= 15 is 0 Å². The van der Waals surface area contributed by atoms with Gasteiger partial charge in [-0.1, -0.05) is 69.2 Å². The van der Waals surface area contributed by atoms with E-state index in [-0.39, 0.29) is 28.1 Å². The Labute approximate surface area is 445 Å². The summed E-state index contributed by atoms with van der Waals surface area (Å²) in [4.78, 5) is 11.0. The number of aliphatic imine (C=N–C) groups is 1. The van der Waals surface area contributed by atoms with Crippen molar-refractivity contribution in [2.24, 2.45) is 4.99 Å². The molecular formula is C57H81N5O9PS2+. The molecule has 0 bridgehead atoms. The molecule has 1 unspecified atom stereocenters. The van der Waals surface area contributed by atoms with Gasteiger partial charge in [-0.15, -0.1) is 0 Å². The van der Waals surface area contributed by atoms with Crippen LogP contribution in [0.2, 0.25) is 0 Å². The molecule has 0 saturated heterocycles. The summed E-state index contributed by atoms with van der Waals surface area (Å²) < 4.78 is 87.0. The van der Waals surface area contributed by atoms with E-state index in [0.717, 1.165) is 95.9 Å². The van der Waals surface area contributed by atoms with Gasteiger partial charge in [0, 0.05) is 35.4 Å². The Morgan fingerprint density at radius 3 is 2.30 bits per heavy atom. The van der Waals surface area contributed by atoms with Crippen LogP contribution >= 0.6 is 19.4 Å². The fourth-order valence-corrected chi connectivity index (χ4v) is 12.9. The highest BCUT2D eigenvalue weighted by molar-refractivity contribution is 8.19. The second-order valence-electron chi connectivity index (χ2n) is 21.2. The maximum absolute atomic E-state index is 11.7. The summed E-state index contributed by atoms with van der Waals surface area (Å²) in [6.45, 7) is 31.4. The number of anilines is 1. The summed E-state index contributed by atoms with van der Waals surface area (Å²) in [5.74, 6) is 1.23. The molecule has 14 nitrogen and oxygen atoms in total. The number of aromatic nitrogens is 1. The van der Waals surface area contributed by atoms with Crippen LogP contribution in [0.25, 0.3) is 10.4 Å². The summed E-state index contributed by atoms with van der Waals surface area (Å²) in [5, 5.41) is 0. The smallest absolute Gasteiger partial charge is 0.327 e. The minimum atomic E-state index is -4.07. The van der Waals surface area contributed by atoms with Gasteiger partial charge in [0.05, 0.1) is 36.5 Å². The first-order chi connectivity index (χ1) is 35.0. The van der Waals surface area contributed by atoms with E-state index in [4.69, 9.17) is 25.3 Å². The lowest BCUT2D eigenvalue weighted by atomic mass is 9.80. The van der Waals surface area contributed by atoms with Crippen LogP contribution in [-0.2, 0) is 36.5 Å². The van der Waals surface area contributed by atoms with Crippen molar-refractivity contribution in [3.05, 3.63) is 130 Å². The molecular weight excluding hydrogens is 994 g/mol. The molecule has 0 saturated carbocycles. The maximum Gasteiger partial charge on any atom is 0.327 e. The lowest BCUT2D eigenvalue weighted by Crippen LogP contribution is -2.36. The number of aryl methyl sites for hydroxylation is 2. The third-order valence-corrected chi connectivity index (χ3v) is 17.7. The van der Waals surface area contributed by atoms with Crippen LogP contribution in [0.1, 0.15) is 142 Å². The summed E-state index contributed by atoms with van der Waals surface area (Å²) in [6, 6.07) is 16.9. The molecule has 74 heavy (non-hydrogen) atoms. The Kier molecular flexibility index (Phi) is 20.5. The lowest BCUT2D eigenvalue weighted by Gasteiger charge is -2.35. The lowest BCUT2D eigenvalue weighted by molar-refractivity contribution is -0.686. The third-order valence-electron chi connectivity index (χ3n) is 14.0. The number of hydrogen-bond acceptors (Lipinski definition) is 11. The van der Waals surface area contributed by atoms with Crippen LogP contribution in [-0.4, -0.2) is 87.8 Å². The van der Waals surface area contributed by atoms with E-state index < -0.39 is 34.9 Å². The van der Waals surface area contributed by atoms with Gasteiger partial charge < -0.3 is 37.2 Å². The SMILES string of the molecule is [C-]#[N+]CCOP(OCCCCOc1cccc(C2=C(/C=C/C3=Nc4c(cc(S(O)(O)O)c[n+]4CCCC)C3(C)C)CCC/C2=C\C=C2\N(CCCCS(=O)(=O)O)c3ccc(C)cc3C2(C)C)c1)N(C(C)C)C(C)C. The molecule has 404 valence electrons. The van der Waals surface area contributed by atoms with Gasteiger partial charge in [-0.05, 0) is 169 Å². The van der Waals surface area contributed by atoms with Gasteiger partial charge in [-0.3, -0.25) is 4.55 Å². The molecule has 1 aromatic heterocycles. The van der Waals surface area contributed by atoms with Crippen molar-refractivity contribution in [2.45, 2.75) is 161 Å². The van der Waals surface area contributed by atoms with Gasteiger partial charge in [0.2, 0.25) is 6.54 Å². The highest BCUT2D eigenvalue weighted by Crippen LogP contribution is 2.50. The van der Waals surface area contributed by atoms with Gasteiger partial charge in [-0.25, -0.2) is 15.8 Å². The highest BCUT2D eigenvalue weighted by atomic mass is 32.3. The van der Waals surface area contributed by atoms with E-state index in [0.29, 0.717) is 52.3 Å². The summed E-state index contributed by atoms with van der Waals surface area (Å²) >= 11 is 0. The molecule has 1 aliphatic carbocycles. The molecule has 2 aliphatic heterocycles. The third kappa shape index (κ3) is 14.8. The zero-order valence-corrected chi connectivity index (χ0v) is 47.8. The monoisotopic (exact) mass is 1070 g/mol. The topological polar surface area (TPSA) is 170 Å². The molecule has 3 aromatic rings. The van der Waals surface area contributed by atoms with Crippen molar-refractivity contribution in [2.75, 3.05) is 43.6 Å². The van der Waals surface area contributed by atoms with E-state index in [2.05, 4.69) is 138 Å². The number of rotatable bonds is 26. The number of allylic oxidation sites excluding steroid dienone is 8. The first-order valence-electron chi connectivity index (χ1n) is 26.2. The number of unbranched alkanes of at least 4 members (excludes halogenated alkanes) is 3. The van der Waals surface area contributed by atoms with Gasteiger partial charge in [-0.2, -0.15) is 8.42 Å². The molecule has 17 heteroatoms. The molecule has 0 fully saturated rings. The summed E-state index contributed by atoms with van der Waals surface area (Å²) in [5.41, 5.74) is 9.72. The number of fused-ring (bicyclic) bond motifs is 2. The number of benzene rings is 2. The summed E-state index contributed by atoms with van der Waals surface area (Å²) in [6.07, 6.45) is 17.2. The van der Waals surface area contributed by atoms with Crippen LogP contribution in [0, 0.1) is 13.5 Å². The van der Waals surface area contributed by atoms with Crippen molar-refractivity contribution in [3.8, 4) is 5.75 Å². The molecule has 0 radical (unpaired) electrons. The zero-order valence-electron chi connectivity index (χ0n) is 45.3. The molecule has 3 aliphatic rings. The highest BCUT2D eigenvalue weighted by Gasteiger charge is 2.44. The minimum absolute atomic E-state index is 0.0746. The van der Waals surface area contributed by atoms with E-state index in [1.165, 1.54) is 16.7 Å². The van der Waals surface area contributed by atoms with Crippen molar-refractivity contribution in [1.29, 1.82) is 0 Å². The van der Waals surface area contributed by atoms with Gasteiger partial charge in [0.1, 0.15) is 34.3 Å². The predicted molar refractivity (Wildman–Crippen MR) is 302 cm³/mol. The van der Waals surface area contributed by atoms with Crippen LogP contribution in [0.3, 0.4) is 0 Å². The van der Waals surface area contributed by atoms with Gasteiger partial charge in [0.15, 0.2) is 5.71 Å². The maximum atomic E-state index is 11.7. The van der Waals surface area contributed by atoms with Crippen LogP contribution < -0.4 is 14.2 Å². The van der Waals surface area contributed by atoms with Crippen LogP contribution in [0.15, 0.2) is 106 Å². The molecule has 4 N–H and O–H groups in total. The van der Waals surface area contributed by atoms with E-state index in [1.54, 1.807) is 12.3 Å². The normalized spacial score (nSPS) is 18.3. The number of nitrogens with zero attached hydrogens (tertiary/aromatic N) is 5. The average molecular weight is 1080 g/mol. The largest absolute Gasteiger partial charge is 0.494 e. The van der Waals surface area contributed by atoms with Crippen LogP contribution in [0.4, 0.5) is 11.5 Å². The molecule has 6 rings (SSSR count). The van der Waals surface area contributed by atoms with Crippen molar-refractivity contribution in [3.63, 3.8) is 0 Å². The Morgan fingerprint density at radius 1 is 0.878 bits per heavy atom. The first-order valence-corrected chi connectivity index (χ1v) is 30.5. The van der Waals surface area contributed by atoms with Crippen LogP contribution in [0.5, 0.6) is 5.75 Å². The first kappa shape index (κ1) is 59.0. The fourth-order valence-electron chi connectivity index (χ4n) is 10.1. The molecule has 0 amide bonds. The number of hydrogen-bond donors (Lipinski definition) is 4. The predicted octanol–water partition coefficient (Wildman–Crippen LogP) is 14.0. The average Bonchev–Trinajstić information content (AvgIpc) is 3.71. The molecule has 2 aromatic carbocycles. The van der Waals surface area contributed by atoms with Crippen molar-refractivity contribution >= 4 is 52.3 Å². The van der Waals surface area contributed by atoms with Gasteiger partial charge in [0.25, 0.3) is 18.6 Å². The Hall–Kier alpha value is -4.24.